The van der Waals surface area contributed by atoms with Crippen LogP contribution in [0.25, 0.3) is 22.5 Å². The van der Waals surface area contributed by atoms with Crippen molar-refractivity contribution in [3.63, 3.8) is 0 Å². The van der Waals surface area contributed by atoms with E-state index in [1.54, 1.807) is 6.20 Å². The molecule has 0 spiro atoms. The van der Waals surface area contributed by atoms with Gasteiger partial charge in [0.15, 0.2) is 0 Å². The molecule has 2 aromatic carbocycles. The molecule has 6 rings (SSSR count). The van der Waals surface area contributed by atoms with Crippen LogP contribution in [0.1, 0.15) is 55.1 Å². The van der Waals surface area contributed by atoms with Gasteiger partial charge in [0.25, 0.3) is 0 Å². The Morgan fingerprint density at radius 3 is 2.04 bits per heavy atom. The van der Waals surface area contributed by atoms with Crippen molar-refractivity contribution in [3.8, 4) is 34.4 Å². The number of benzene rings is 2. The van der Waals surface area contributed by atoms with Crippen molar-refractivity contribution in [1.29, 1.82) is 0 Å². The van der Waals surface area contributed by atoms with Crippen molar-refractivity contribution >= 4 is 20.1 Å². The number of likely N-dealkylation sites (tertiary alicyclic amines) is 1. The number of alkyl halides is 1. The number of ether oxygens (including phenoxy) is 1. The van der Waals surface area contributed by atoms with Crippen molar-refractivity contribution < 1.29 is 18.7 Å². The fourth-order valence-electron chi connectivity index (χ4n) is 6.38. The van der Waals surface area contributed by atoms with Gasteiger partial charge in [-0.25, -0.2) is 19.2 Å². The average molecular weight is 668 g/mol. The molecule has 2 amide bonds. The number of carbonyl (C=O) groups is 2. The SMILES string of the molecule is COC(=O)N[C@H](C(=O)N1C[C@H](F)C[C@H]1c1ncc(-c2ccc(C#Cc3ccc(-c4cnc([C@@H]5C[Si](C)(C)CN5)[nH]4)cc3)cc2)[nH]1)C(C)C. The van der Waals surface area contributed by atoms with Gasteiger partial charge < -0.3 is 30.2 Å². The first-order chi connectivity index (χ1) is 23.0. The lowest BCUT2D eigenvalue weighted by molar-refractivity contribution is -0.135. The number of hydrogen-bond donors (Lipinski definition) is 4. The molecule has 48 heavy (non-hydrogen) atoms. The van der Waals surface area contributed by atoms with Gasteiger partial charge in [0.05, 0.1) is 57.6 Å². The summed E-state index contributed by atoms with van der Waals surface area (Å²) in [5, 5.41) is 6.21. The summed E-state index contributed by atoms with van der Waals surface area (Å²) in [5.74, 6) is 7.40. The third-order valence-corrected chi connectivity index (χ3v) is 11.8. The second kappa shape index (κ2) is 13.8. The van der Waals surface area contributed by atoms with Crippen molar-refractivity contribution in [2.75, 3.05) is 19.8 Å². The number of nitrogens with zero attached hydrogens (tertiary/aromatic N) is 3. The maximum atomic E-state index is 14.6. The first-order valence-corrected chi connectivity index (χ1v) is 19.8. The molecule has 0 unspecified atom stereocenters. The fourth-order valence-corrected chi connectivity index (χ4v) is 8.77. The van der Waals surface area contributed by atoms with Gasteiger partial charge in [0.1, 0.15) is 23.9 Å². The van der Waals surface area contributed by atoms with Gasteiger partial charge in [-0.15, -0.1) is 0 Å². The molecule has 4 heterocycles. The quantitative estimate of drug-likeness (QED) is 0.147. The number of imidazole rings is 2. The lowest BCUT2D eigenvalue weighted by atomic mass is 10.0. The number of alkyl carbamates (subject to hydrolysis) is 1. The van der Waals surface area contributed by atoms with Gasteiger partial charge in [-0.3, -0.25) is 4.79 Å². The highest BCUT2D eigenvalue weighted by atomic mass is 28.3. The van der Waals surface area contributed by atoms with Crippen molar-refractivity contribution in [2.24, 2.45) is 5.92 Å². The van der Waals surface area contributed by atoms with E-state index in [4.69, 9.17) is 0 Å². The summed E-state index contributed by atoms with van der Waals surface area (Å²) in [6.45, 7) is 8.39. The lowest BCUT2D eigenvalue weighted by Gasteiger charge is -2.29. The molecular weight excluding hydrogens is 626 g/mol. The fraction of sp³-hybridized carbons (Fsp3) is 0.389. The highest BCUT2D eigenvalue weighted by Crippen LogP contribution is 2.34. The smallest absolute Gasteiger partial charge is 0.407 e. The Bertz CT molecular complexity index is 1820. The maximum absolute atomic E-state index is 14.6. The number of nitrogens with one attached hydrogen (secondary N) is 4. The monoisotopic (exact) mass is 667 g/mol. The molecule has 2 fully saturated rings. The van der Waals surface area contributed by atoms with Crippen molar-refractivity contribution in [2.45, 2.75) is 63.7 Å². The van der Waals surface area contributed by atoms with Crippen LogP contribution < -0.4 is 10.6 Å². The van der Waals surface area contributed by atoms with E-state index in [-0.39, 0.29) is 24.8 Å². The van der Waals surface area contributed by atoms with Crippen LogP contribution in [0.15, 0.2) is 60.9 Å². The largest absolute Gasteiger partial charge is 0.453 e. The molecule has 2 aromatic heterocycles. The van der Waals surface area contributed by atoms with E-state index in [0.29, 0.717) is 11.9 Å². The van der Waals surface area contributed by atoms with Crippen LogP contribution in [0.5, 0.6) is 0 Å². The van der Waals surface area contributed by atoms with Crippen molar-refractivity contribution in [1.82, 2.24) is 35.5 Å². The normalized spacial score (nSPS) is 20.7. The molecule has 0 aliphatic carbocycles. The number of hydrogen-bond acceptors (Lipinski definition) is 6. The Balaban J connectivity index is 1.10. The molecule has 4 N–H and O–H groups in total. The zero-order chi connectivity index (χ0) is 34.0. The minimum Gasteiger partial charge on any atom is -0.453 e. The Morgan fingerprint density at radius 1 is 0.958 bits per heavy atom. The van der Waals surface area contributed by atoms with Gasteiger partial charge >= 0.3 is 6.09 Å². The number of methoxy groups -OCH3 is 1. The number of halogens is 1. The summed E-state index contributed by atoms with van der Waals surface area (Å²) in [6, 6.07) is 16.0. The Labute approximate surface area is 281 Å². The number of H-pyrrole nitrogens is 2. The Hall–Kier alpha value is -4.73. The van der Waals surface area contributed by atoms with Crippen LogP contribution in [0, 0.1) is 17.8 Å². The van der Waals surface area contributed by atoms with Gasteiger partial charge in [0.2, 0.25) is 5.91 Å². The molecule has 250 valence electrons. The standard InChI is InChI=1S/C36H42FN7O3Si/c1-22(2)32(43-36(46)47-3)35(45)44-19-27(37)16-31(44)34-39-18-29(42-34)26-14-10-24(11-15-26)7-6-23-8-12-25(13-9-23)28-17-38-33(41-28)30-20-48(4,5)21-40-30/h8-15,17-18,22,27,30-32,40H,16,19-21H2,1-5H3,(H,38,41)(H,39,42)(H,43,46)/t27-,30+,31+,32+/m1/s1. The minimum absolute atomic E-state index is 0.0658. The summed E-state index contributed by atoms with van der Waals surface area (Å²) in [7, 11) is 0.0679. The maximum Gasteiger partial charge on any atom is 0.407 e. The van der Waals surface area contributed by atoms with Crippen LogP contribution >= 0.6 is 0 Å². The molecule has 2 saturated heterocycles. The molecule has 12 heteroatoms. The average Bonchev–Trinajstić information content (AvgIpc) is 3.89. The van der Waals surface area contributed by atoms with Gasteiger partial charge in [-0.05, 0) is 53.5 Å². The van der Waals surface area contributed by atoms with E-state index in [1.165, 1.54) is 18.1 Å². The van der Waals surface area contributed by atoms with Gasteiger partial charge in [-0.2, -0.15) is 0 Å². The number of amides is 2. The highest BCUT2D eigenvalue weighted by molar-refractivity contribution is 6.78. The van der Waals surface area contributed by atoms with E-state index in [2.05, 4.69) is 72.4 Å². The van der Waals surface area contributed by atoms with Crippen LogP contribution in [0.3, 0.4) is 0 Å². The molecule has 2 aliphatic heterocycles. The summed E-state index contributed by atoms with van der Waals surface area (Å²) < 4.78 is 19.3. The molecule has 0 radical (unpaired) electrons. The molecule has 0 saturated carbocycles. The van der Waals surface area contributed by atoms with Crippen LogP contribution in [-0.4, -0.2) is 76.9 Å². The number of carbonyl (C=O) groups excluding carboxylic acids is 2. The third kappa shape index (κ3) is 7.37. The Morgan fingerprint density at radius 2 is 1.52 bits per heavy atom. The van der Waals surface area contributed by atoms with Gasteiger partial charge in [-0.1, -0.05) is 63.0 Å². The second-order valence-corrected chi connectivity index (χ2v) is 18.9. The molecule has 2 aliphatic rings. The van der Waals surface area contributed by atoms with E-state index >= 15 is 0 Å². The summed E-state index contributed by atoms with van der Waals surface area (Å²) in [5.41, 5.74) is 5.49. The van der Waals surface area contributed by atoms with Crippen molar-refractivity contribution in [3.05, 3.63) is 83.7 Å². The van der Waals surface area contributed by atoms with Gasteiger partial charge in [0, 0.05) is 17.5 Å². The highest BCUT2D eigenvalue weighted by Gasteiger charge is 2.41. The molecule has 0 bridgehead atoms. The predicted octanol–water partition coefficient (Wildman–Crippen LogP) is 5.75. The molecule has 4 atom stereocenters. The zero-order valence-corrected chi connectivity index (χ0v) is 28.9. The van der Waals surface area contributed by atoms with E-state index in [0.717, 1.165) is 45.6 Å². The van der Waals surface area contributed by atoms with Crippen LogP contribution in [-0.2, 0) is 9.53 Å². The number of aromatic amines is 2. The second-order valence-electron chi connectivity index (χ2n) is 13.8. The number of aromatic nitrogens is 4. The van der Waals surface area contributed by atoms with E-state index in [9.17, 15) is 14.0 Å². The van der Waals surface area contributed by atoms with E-state index < -0.39 is 32.4 Å². The molecule has 4 aromatic rings. The van der Waals surface area contributed by atoms with Crippen LogP contribution in [0.2, 0.25) is 19.1 Å². The third-order valence-electron chi connectivity index (χ3n) is 9.09. The van der Waals surface area contributed by atoms with Crippen LogP contribution in [0.4, 0.5) is 9.18 Å². The lowest BCUT2D eigenvalue weighted by Crippen LogP contribution is -2.51. The first kappa shape index (κ1) is 33.2. The molecule has 10 nitrogen and oxygen atoms in total. The summed E-state index contributed by atoms with van der Waals surface area (Å²) in [6.07, 6.45) is 2.94. The first-order valence-electron chi connectivity index (χ1n) is 16.3. The predicted molar refractivity (Wildman–Crippen MR) is 185 cm³/mol. The van der Waals surface area contributed by atoms with E-state index in [1.807, 2.05) is 56.4 Å². The number of rotatable bonds is 7. The zero-order valence-electron chi connectivity index (χ0n) is 27.9. The summed E-state index contributed by atoms with van der Waals surface area (Å²) >= 11 is 0. The molecular formula is C36H42FN7O3Si. The minimum atomic E-state index is -1.20. The topological polar surface area (TPSA) is 128 Å². The Kier molecular flexibility index (Phi) is 9.53. The summed E-state index contributed by atoms with van der Waals surface area (Å²) in [4.78, 5) is 42.7.